The third-order valence-electron chi connectivity index (χ3n) is 2.83. The van der Waals surface area contributed by atoms with E-state index in [4.69, 9.17) is 4.74 Å². The van der Waals surface area contributed by atoms with Gasteiger partial charge in [-0.3, -0.25) is 9.89 Å². The zero-order valence-electron chi connectivity index (χ0n) is 11.9. The zero-order valence-corrected chi connectivity index (χ0v) is 13.4. The van der Waals surface area contributed by atoms with Crippen molar-refractivity contribution in [2.75, 3.05) is 11.9 Å². The molecule has 1 heterocycles. The SMILES string of the molecule is CCCc1cc(NC(=O)CCOc2ccc(Br)cc2)n[nH]1. The molecule has 0 atom stereocenters. The predicted molar refractivity (Wildman–Crippen MR) is 85.5 cm³/mol. The summed E-state index contributed by atoms with van der Waals surface area (Å²) in [4.78, 5) is 11.8. The van der Waals surface area contributed by atoms with Gasteiger partial charge in [-0.15, -0.1) is 0 Å². The van der Waals surface area contributed by atoms with Crippen molar-refractivity contribution >= 4 is 27.7 Å². The van der Waals surface area contributed by atoms with Crippen LogP contribution in [0.4, 0.5) is 5.82 Å². The van der Waals surface area contributed by atoms with Crippen molar-refractivity contribution in [3.8, 4) is 5.75 Å². The number of carbonyl (C=O) groups excluding carboxylic acids is 1. The number of hydrogen-bond acceptors (Lipinski definition) is 3. The number of anilines is 1. The number of nitrogens with zero attached hydrogens (tertiary/aromatic N) is 1. The van der Waals surface area contributed by atoms with Crippen molar-refractivity contribution in [1.82, 2.24) is 10.2 Å². The van der Waals surface area contributed by atoms with E-state index in [1.165, 1.54) is 0 Å². The summed E-state index contributed by atoms with van der Waals surface area (Å²) in [5.74, 6) is 1.20. The first kappa shape index (κ1) is 15.6. The summed E-state index contributed by atoms with van der Waals surface area (Å²) in [6, 6.07) is 9.36. The van der Waals surface area contributed by atoms with Crippen molar-refractivity contribution in [3.05, 3.63) is 40.5 Å². The number of rotatable bonds is 7. The Morgan fingerprint density at radius 2 is 2.14 bits per heavy atom. The van der Waals surface area contributed by atoms with Gasteiger partial charge in [0.1, 0.15) is 5.75 Å². The number of aromatic amines is 1. The average molecular weight is 352 g/mol. The molecule has 0 radical (unpaired) electrons. The molecule has 2 rings (SSSR count). The molecule has 2 N–H and O–H groups in total. The number of ether oxygens (including phenoxy) is 1. The number of benzene rings is 1. The Kier molecular flexibility index (Phi) is 5.80. The predicted octanol–water partition coefficient (Wildman–Crippen LogP) is 3.53. The second-order valence-corrected chi connectivity index (χ2v) is 5.54. The van der Waals surface area contributed by atoms with Gasteiger partial charge < -0.3 is 10.1 Å². The Bertz CT molecular complexity index is 581. The normalized spacial score (nSPS) is 10.4. The Morgan fingerprint density at radius 1 is 1.38 bits per heavy atom. The second-order valence-electron chi connectivity index (χ2n) is 4.63. The first-order valence-corrected chi connectivity index (χ1v) is 7.69. The maximum absolute atomic E-state index is 11.8. The fourth-order valence-electron chi connectivity index (χ4n) is 1.82. The highest BCUT2D eigenvalue weighted by molar-refractivity contribution is 9.10. The van der Waals surface area contributed by atoms with Gasteiger partial charge >= 0.3 is 0 Å². The van der Waals surface area contributed by atoms with E-state index in [1.807, 2.05) is 30.3 Å². The molecule has 1 aromatic carbocycles. The van der Waals surface area contributed by atoms with E-state index >= 15 is 0 Å². The molecule has 112 valence electrons. The molecule has 1 aromatic heterocycles. The van der Waals surface area contributed by atoms with Crippen LogP contribution in [0.2, 0.25) is 0 Å². The van der Waals surface area contributed by atoms with E-state index in [9.17, 15) is 4.79 Å². The number of aromatic nitrogens is 2. The lowest BCUT2D eigenvalue weighted by Crippen LogP contribution is -2.15. The molecule has 0 spiro atoms. The largest absolute Gasteiger partial charge is 0.493 e. The molecular formula is C15H18BrN3O2. The molecule has 5 nitrogen and oxygen atoms in total. The molecule has 21 heavy (non-hydrogen) atoms. The standard InChI is InChI=1S/C15H18BrN3O2/c1-2-3-12-10-14(19-18-12)17-15(20)8-9-21-13-6-4-11(16)5-7-13/h4-7,10H,2-3,8-9H2,1H3,(H2,17,18,19,20). The first-order chi connectivity index (χ1) is 10.2. The number of H-pyrrole nitrogens is 1. The lowest BCUT2D eigenvalue weighted by atomic mass is 10.2. The Morgan fingerprint density at radius 3 is 2.86 bits per heavy atom. The molecule has 0 fully saturated rings. The van der Waals surface area contributed by atoms with Gasteiger partial charge in [0.25, 0.3) is 0 Å². The van der Waals surface area contributed by atoms with Gasteiger partial charge in [-0.05, 0) is 30.7 Å². The molecular weight excluding hydrogens is 334 g/mol. The van der Waals surface area contributed by atoms with Crippen molar-refractivity contribution in [2.45, 2.75) is 26.2 Å². The van der Waals surface area contributed by atoms with Crippen LogP contribution in [-0.4, -0.2) is 22.7 Å². The molecule has 0 aliphatic rings. The minimum atomic E-state index is -0.110. The Balaban J connectivity index is 1.72. The maximum atomic E-state index is 11.8. The number of amides is 1. The van der Waals surface area contributed by atoms with E-state index in [2.05, 4.69) is 38.4 Å². The van der Waals surface area contributed by atoms with Crippen LogP contribution in [-0.2, 0) is 11.2 Å². The van der Waals surface area contributed by atoms with Gasteiger partial charge in [0.15, 0.2) is 5.82 Å². The summed E-state index contributed by atoms with van der Waals surface area (Å²) < 4.78 is 6.50. The highest BCUT2D eigenvalue weighted by Crippen LogP contribution is 2.16. The van der Waals surface area contributed by atoms with E-state index in [-0.39, 0.29) is 12.3 Å². The highest BCUT2D eigenvalue weighted by Gasteiger charge is 2.06. The summed E-state index contributed by atoms with van der Waals surface area (Å²) in [6.07, 6.45) is 2.25. The first-order valence-electron chi connectivity index (χ1n) is 6.90. The van der Waals surface area contributed by atoms with Gasteiger partial charge in [-0.1, -0.05) is 29.3 Å². The molecule has 0 saturated carbocycles. The minimum Gasteiger partial charge on any atom is -0.493 e. The molecule has 0 aliphatic heterocycles. The lowest BCUT2D eigenvalue weighted by molar-refractivity contribution is -0.116. The third kappa shape index (κ3) is 5.23. The average Bonchev–Trinajstić information content (AvgIpc) is 2.89. The van der Waals surface area contributed by atoms with E-state index < -0.39 is 0 Å². The van der Waals surface area contributed by atoms with Crippen LogP contribution in [0.5, 0.6) is 5.75 Å². The molecule has 0 aliphatic carbocycles. The van der Waals surface area contributed by atoms with E-state index in [0.29, 0.717) is 12.4 Å². The van der Waals surface area contributed by atoms with Crippen LogP contribution in [0.3, 0.4) is 0 Å². The summed E-state index contributed by atoms with van der Waals surface area (Å²) in [6.45, 7) is 2.43. The van der Waals surface area contributed by atoms with E-state index in [0.717, 1.165) is 28.8 Å². The van der Waals surface area contributed by atoms with Gasteiger partial charge in [-0.25, -0.2) is 0 Å². The van der Waals surface area contributed by atoms with Crippen molar-refractivity contribution in [3.63, 3.8) is 0 Å². The van der Waals surface area contributed by atoms with E-state index in [1.54, 1.807) is 0 Å². The van der Waals surface area contributed by atoms with Crippen molar-refractivity contribution in [1.29, 1.82) is 0 Å². The summed E-state index contributed by atoms with van der Waals surface area (Å²) >= 11 is 3.36. The number of aryl methyl sites for hydroxylation is 1. The van der Waals surface area contributed by atoms with Crippen LogP contribution >= 0.6 is 15.9 Å². The van der Waals surface area contributed by atoms with Gasteiger partial charge in [0, 0.05) is 16.2 Å². The summed E-state index contributed by atoms with van der Waals surface area (Å²) in [5, 5.41) is 9.69. The lowest BCUT2D eigenvalue weighted by Gasteiger charge is -2.06. The molecule has 0 bridgehead atoms. The molecule has 0 unspecified atom stereocenters. The van der Waals surface area contributed by atoms with Gasteiger partial charge in [0.2, 0.25) is 5.91 Å². The maximum Gasteiger partial charge on any atom is 0.229 e. The molecule has 2 aromatic rings. The van der Waals surface area contributed by atoms with Crippen LogP contribution in [0.15, 0.2) is 34.8 Å². The fraction of sp³-hybridized carbons (Fsp3) is 0.333. The summed E-state index contributed by atoms with van der Waals surface area (Å²) in [5.41, 5.74) is 1.03. The number of nitrogens with one attached hydrogen (secondary N) is 2. The smallest absolute Gasteiger partial charge is 0.229 e. The van der Waals surface area contributed by atoms with Gasteiger partial charge in [0.05, 0.1) is 13.0 Å². The Labute approximate surface area is 132 Å². The fourth-order valence-corrected chi connectivity index (χ4v) is 2.09. The summed E-state index contributed by atoms with van der Waals surface area (Å²) in [7, 11) is 0. The van der Waals surface area contributed by atoms with Crippen LogP contribution < -0.4 is 10.1 Å². The third-order valence-corrected chi connectivity index (χ3v) is 3.36. The number of carbonyl (C=O) groups is 1. The van der Waals surface area contributed by atoms with Crippen LogP contribution in [0, 0.1) is 0 Å². The topological polar surface area (TPSA) is 67.0 Å². The van der Waals surface area contributed by atoms with Crippen LogP contribution in [0.1, 0.15) is 25.5 Å². The van der Waals surface area contributed by atoms with Gasteiger partial charge in [-0.2, -0.15) is 5.10 Å². The quantitative estimate of drug-likeness (QED) is 0.801. The Hall–Kier alpha value is -1.82. The molecule has 1 amide bonds. The minimum absolute atomic E-state index is 0.110. The highest BCUT2D eigenvalue weighted by atomic mass is 79.9. The van der Waals surface area contributed by atoms with Crippen molar-refractivity contribution < 1.29 is 9.53 Å². The van der Waals surface area contributed by atoms with Crippen molar-refractivity contribution in [2.24, 2.45) is 0 Å². The number of hydrogen-bond donors (Lipinski definition) is 2. The second kappa shape index (κ2) is 7.83. The zero-order chi connectivity index (χ0) is 15.1. The number of halogens is 1. The molecule has 0 saturated heterocycles. The van der Waals surface area contributed by atoms with Crippen LogP contribution in [0.25, 0.3) is 0 Å². The molecule has 6 heteroatoms. The monoisotopic (exact) mass is 351 g/mol.